The van der Waals surface area contributed by atoms with Gasteiger partial charge in [0, 0.05) is 18.7 Å². The molecule has 4 rings (SSSR count). The van der Waals surface area contributed by atoms with Gasteiger partial charge in [-0.25, -0.2) is 0 Å². The SMILES string of the molecule is Cc1ccc(OC(C)c2cc(C)cc3c(=O)nc(N4CCOCC4)oc23)cc1. The zero-order chi connectivity index (χ0) is 19.7. The standard InChI is InChI=1S/C22H24N2O4/c1-14-4-6-17(7-5-14)27-16(3)18-12-15(2)13-19-20(18)28-22(23-21(19)25)24-8-10-26-11-9-24/h4-7,12-13,16H,8-11H2,1-3H3. The van der Waals surface area contributed by atoms with Crippen LogP contribution in [0.25, 0.3) is 11.0 Å². The average molecular weight is 380 g/mol. The number of benzene rings is 2. The average Bonchev–Trinajstić information content (AvgIpc) is 2.70. The Balaban J connectivity index is 1.76. The van der Waals surface area contributed by atoms with Gasteiger partial charge in [0.25, 0.3) is 5.56 Å². The second kappa shape index (κ2) is 7.64. The van der Waals surface area contributed by atoms with Crippen LogP contribution in [-0.2, 0) is 4.74 Å². The molecule has 3 aromatic rings. The fourth-order valence-corrected chi connectivity index (χ4v) is 3.41. The van der Waals surface area contributed by atoms with Crippen molar-refractivity contribution in [2.75, 3.05) is 31.2 Å². The highest BCUT2D eigenvalue weighted by Crippen LogP contribution is 2.30. The molecule has 0 N–H and O–H groups in total. The lowest BCUT2D eigenvalue weighted by Gasteiger charge is -2.26. The van der Waals surface area contributed by atoms with Gasteiger partial charge in [0.05, 0.1) is 18.6 Å². The van der Waals surface area contributed by atoms with Crippen molar-refractivity contribution in [3.05, 3.63) is 63.4 Å². The highest BCUT2D eigenvalue weighted by Gasteiger charge is 2.21. The third kappa shape index (κ3) is 3.73. The molecule has 0 radical (unpaired) electrons. The zero-order valence-corrected chi connectivity index (χ0v) is 16.4. The minimum atomic E-state index is -0.284. The Hall–Kier alpha value is -2.86. The molecule has 28 heavy (non-hydrogen) atoms. The molecule has 1 aliphatic heterocycles. The molecular weight excluding hydrogens is 356 g/mol. The number of ether oxygens (including phenoxy) is 2. The van der Waals surface area contributed by atoms with E-state index in [9.17, 15) is 4.79 Å². The van der Waals surface area contributed by atoms with Gasteiger partial charge in [0.2, 0.25) is 0 Å². The van der Waals surface area contributed by atoms with E-state index in [0.717, 1.165) is 16.9 Å². The van der Waals surface area contributed by atoms with Crippen molar-refractivity contribution in [2.24, 2.45) is 0 Å². The van der Waals surface area contributed by atoms with Crippen LogP contribution >= 0.6 is 0 Å². The first-order valence-electron chi connectivity index (χ1n) is 9.52. The molecule has 1 fully saturated rings. The van der Waals surface area contributed by atoms with E-state index in [1.165, 1.54) is 5.56 Å². The Morgan fingerprint density at radius 2 is 1.79 bits per heavy atom. The summed E-state index contributed by atoms with van der Waals surface area (Å²) in [6.45, 7) is 8.44. The first-order chi connectivity index (χ1) is 13.5. The number of rotatable bonds is 4. The summed E-state index contributed by atoms with van der Waals surface area (Å²) in [7, 11) is 0. The number of fused-ring (bicyclic) bond motifs is 1. The maximum Gasteiger partial charge on any atom is 0.301 e. The van der Waals surface area contributed by atoms with Crippen LogP contribution < -0.4 is 15.2 Å². The van der Waals surface area contributed by atoms with E-state index in [4.69, 9.17) is 13.9 Å². The monoisotopic (exact) mass is 380 g/mol. The van der Waals surface area contributed by atoms with Gasteiger partial charge in [-0.15, -0.1) is 0 Å². The van der Waals surface area contributed by atoms with Crippen LogP contribution in [0.3, 0.4) is 0 Å². The first kappa shape index (κ1) is 18.5. The Bertz CT molecular complexity index is 1040. The molecule has 0 aliphatic carbocycles. The highest BCUT2D eigenvalue weighted by molar-refractivity contribution is 5.81. The molecular formula is C22H24N2O4. The lowest BCUT2D eigenvalue weighted by atomic mass is 10.0. The van der Waals surface area contributed by atoms with Crippen LogP contribution in [0.15, 0.2) is 45.6 Å². The van der Waals surface area contributed by atoms with Crippen molar-refractivity contribution in [1.82, 2.24) is 4.98 Å². The van der Waals surface area contributed by atoms with Crippen molar-refractivity contribution in [2.45, 2.75) is 26.9 Å². The molecule has 0 bridgehead atoms. The molecule has 6 nitrogen and oxygen atoms in total. The van der Waals surface area contributed by atoms with Crippen molar-refractivity contribution < 1.29 is 13.9 Å². The third-order valence-electron chi connectivity index (χ3n) is 4.94. The van der Waals surface area contributed by atoms with Gasteiger partial charge in [0.15, 0.2) is 5.58 Å². The first-order valence-corrected chi connectivity index (χ1v) is 9.52. The summed E-state index contributed by atoms with van der Waals surface area (Å²) in [5.74, 6) is 0.776. The van der Waals surface area contributed by atoms with Gasteiger partial charge < -0.3 is 18.8 Å². The summed E-state index contributed by atoms with van der Waals surface area (Å²) < 4.78 is 17.6. The van der Waals surface area contributed by atoms with Gasteiger partial charge in [-0.3, -0.25) is 4.79 Å². The Morgan fingerprint density at radius 1 is 1.07 bits per heavy atom. The van der Waals surface area contributed by atoms with Gasteiger partial charge in [-0.1, -0.05) is 17.7 Å². The van der Waals surface area contributed by atoms with Crippen molar-refractivity contribution in [3.8, 4) is 5.75 Å². The fourth-order valence-electron chi connectivity index (χ4n) is 3.41. The second-order valence-corrected chi connectivity index (χ2v) is 7.20. The summed E-state index contributed by atoms with van der Waals surface area (Å²) in [6.07, 6.45) is -0.284. The molecule has 0 amide bonds. The van der Waals surface area contributed by atoms with E-state index in [1.54, 1.807) is 0 Å². The number of anilines is 1. The Labute approximate surface area is 163 Å². The topological polar surface area (TPSA) is 64.8 Å². The normalized spacial score (nSPS) is 15.6. The van der Waals surface area contributed by atoms with E-state index in [1.807, 2.05) is 62.1 Å². The van der Waals surface area contributed by atoms with E-state index in [-0.39, 0.29) is 11.7 Å². The van der Waals surface area contributed by atoms with Gasteiger partial charge >= 0.3 is 6.01 Å². The molecule has 6 heteroatoms. The second-order valence-electron chi connectivity index (χ2n) is 7.20. The summed E-state index contributed by atoms with van der Waals surface area (Å²) in [6, 6.07) is 12.1. The number of hydrogen-bond donors (Lipinski definition) is 0. The largest absolute Gasteiger partial charge is 0.486 e. The number of morpholine rings is 1. The van der Waals surface area contributed by atoms with Crippen LogP contribution in [0.2, 0.25) is 0 Å². The molecule has 0 spiro atoms. The van der Waals surface area contributed by atoms with Crippen LogP contribution in [-0.4, -0.2) is 31.3 Å². The zero-order valence-electron chi connectivity index (χ0n) is 16.4. The lowest BCUT2D eigenvalue weighted by Crippen LogP contribution is -2.37. The molecule has 2 heterocycles. The molecule has 1 unspecified atom stereocenters. The summed E-state index contributed by atoms with van der Waals surface area (Å²) in [4.78, 5) is 18.8. The predicted molar refractivity (Wildman–Crippen MR) is 108 cm³/mol. The minimum Gasteiger partial charge on any atom is -0.486 e. The van der Waals surface area contributed by atoms with Crippen molar-refractivity contribution in [1.29, 1.82) is 0 Å². The van der Waals surface area contributed by atoms with Crippen LogP contribution in [0.5, 0.6) is 5.75 Å². The van der Waals surface area contributed by atoms with E-state index in [2.05, 4.69) is 4.98 Å². The van der Waals surface area contributed by atoms with E-state index < -0.39 is 0 Å². The van der Waals surface area contributed by atoms with Gasteiger partial charge in [-0.2, -0.15) is 4.98 Å². The molecule has 0 saturated carbocycles. The Kier molecular flexibility index (Phi) is 5.05. The molecule has 1 aliphatic rings. The number of hydrogen-bond acceptors (Lipinski definition) is 6. The number of aromatic nitrogens is 1. The summed E-state index contributed by atoms with van der Waals surface area (Å²) >= 11 is 0. The molecule has 1 atom stereocenters. The highest BCUT2D eigenvalue weighted by atomic mass is 16.5. The van der Waals surface area contributed by atoms with Crippen LogP contribution in [0, 0.1) is 13.8 Å². The van der Waals surface area contributed by atoms with Crippen LogP contribution in [0.4, 0.5) is 6.01 Å². The number of aryl methyl sites for hydroxylation is 2. The van der Waals surface area contributed by atoms with Gasteiger partial charge in [-0.05, 0) is 50.6 Å². The molecule has 146 valence electrons. The van der Waals surface area contributed by atoms with Gasteiger partial charge in [0.1, 0.15) is 11.9 Å². The predicted octanol–water partition coefficient (Wildman–Crippen LogP) is 3.78. The van der Waals surface area contributed by atoms with Crippen molar-refractivity contribution >= 4 is 17.0 Å². The van der Waals surface area contributed by atoms with E-state index >= 15 is 0 Å². The van der Waals surface area contributed by atoms with Crippen molar-refractivity contribution in [3.63, 3.8) is 0 Å². The Morgan fingerprint density at radius 3 is 2.50 bits per heavy atom. The van der Waals surface area contributed by atoms with Crippen LogP contribution in [0.1, 0.15) is 29.7 Å². The van der Waals surface area contributed by atoms with E-state index in [0.29, 0.717) is 43.3 Å². The number of nitrogens with zero attached hydrogens (tertiary/aromatic N) is 2. The maximum atomic E-state index is 12.7. The summed E-state index contributed by atoms with van der Waals surface area (Å²) in [5.41, 5.74) is 3.23. The fraction of sp³-hybridized carbons (Fsp3) is 0.364. The maximum absolute atomic E-state index is 12.7. The minimum absolute atomic E-state index is 0.282. The quantitative estimate of drug-likeness (QED) is 0.686. The third-order valence-corrected chi connectivity index (χ3v) is 4.94. The molecule has 1 aromatic heterocycles. The molecule has 1 saturated heterocycles. The lowest BCUT2D eigenvalue weighted by molar-refractivity contribution is 0.120. The smallest absolute Gasteiger partial charge is 0.301 e. The molecule has 2 aromatic carbocycles. The summed E-state index contributed by atoms with van der Waals surface area (Å²) in [5, 5.41) is 0.478.